The average molecular weight is 280 g/mol. The topological polar surface area (TPSA) is 97.0 Å². The summed E-state index contributed by atoms with van der Waals surface area (Å²) in [6.07, 6.45) is 1.91. The minimum atomic E-state index is -0.467. The molecule has 6 nitrogen and oxygen atoms in total. The molecule has 1 aromatic carbocycles. The van der Waals surface area contributed by atoms with Crippen LogP contribution >= 0.6 is 0 Å². The number of nitrogen functional groups attached to an aromatic ring is 1. The fourth-order valence-electron chi connectivity index (χ4n) is 2.22. The van der Waals surface area contributed by atoms with Crippen molar-refractivity contribution in [3.63, 3.8) is 0 Å². The van der Waals surface area contributed by atoms with Crippen molar-refractivity contribution in [3.05, 3.63) is 59.7 Å². The zero-order chi connectivity index (χ0) is 14.8. The Morgan fingerprint density at radius 1 is 1.33 bits per heavy atom. The van der Waals surface area contributed by atoms with Crippen LogP contribution in [0.5, 0.6) is 0 Å². The molecule has 2 aromatic heterocycles. The third-order valence-corrected chi connectivity index (χ3v) is 3.25. The van der Waals surface area contributed by atoms with Crippen molar-refractivity contribution in [2.24, 2.45) is 5.84 Å². The van der Waals surface area contributed by atoms with Gasteiger partial charge in [-0.2, -0.15) is 5.26 Å². The quantitative estimate of drug-likeness (QED) is 0.434. The molecule has 0 atom stereocenters. The molecule has 0 fully saturated rings. The first kappa shape index (κ1) is 13.0. The van der Waals surface area contributed by atoms with E-state index in [2.05, 4.69) is 6.07 Å². The molecule has 0 aliphatic rings. The molecule has 1 amide bonds. The van der Waals surface area contributed by atoms with Crippen LogP contribution in [0.1, 0.15) is 21.9 Å². The van der Waals surface area contributed by atoms with Gasteiger partial charge in [-0.3, -0.25) is 10.2 Å². The molecule has 0 unspecified atom stereocenters. The van der Waals surface area contributed by atoms with Gasteiger partial charge in [0.05, 0.1) is 18.2 Å². The van der Waals surface area contributed by atoms with E-state index in [1.807, 2.05) is 34.4 Å². The lowest BCUT2D eigenvalue weighted by Gasteiger charge is -2.03. The summed E-state index contributed by atoms with van der Waals surface area (Å²) in [5.74, 6) is 5.39. The highest BCUT2D eigenvalue weighted by Crippen LogP contribution is 2.19. The first-order valence-corrected chi connectivity index (χ1v) is 6.30. The molecule has 0 saturated carbocycles. The van der Waals surface area contributed by atoms with Crippen LogP contribution in [0, 0.1) is 11.3 Å². The van der Waals surface area contributed by atoms with Crippen molar-refractivity contribution in [1.29, 1.82) is 5.26 Å². The Morgan fingerprint density at radius 2 is 2.19 bits per heavy atom. The highest BCUT2D eigenvalue weighted by atomic mass is 16.4. The lowest BCUT2D eigenvalue weighted by atomic mass is 10.2. The van der Waals surface area contributed by atoms with E-state index in [0.29, 0.717) is 17.9 Å². The van der Waals surface area contributed by atoms with Gasteiger partial charge in [0, 0.05) is 11.7 Å². The van der Waals surface area contributed by atoms with Crippen molar-refractivity contribution in [2.45, 2.75) is 6.54 Å². The first-order valence-electron chi connectivity index (χ1n) is 6.30. The molecule has 2 heterocycles. The summed E-state index contributed by atoms with van der Waals surface area (Å²) in [6.45, 7) is 0.468. The van der Waals surface area contributed by atoms with Crippen LogP contribution in [0.15, 0.2) is 47.0 Å². The van der Waals surface area contributed by atoms with Crippen LogP contribution in [0.2, 0.25) is 0 Å². The Morgan fingerprint density at radius 3 is 2.95 bits per heavy atom. The summed E-state index contributed by atoms with van der Waals surface area (Å²) < 4.78 is 7.39. The SMILES string of the molecule is N#Cc1ccc2ccn(Cc3ccc(C(=O)NN)o3)c2c1. The van der Waals surface area contributed by atoms with Crippen molar-refractivity contribution in [1.82, 2.24) is 9.99 Å². The summed E-state index contributed by atoms with van der Waals surface area (Å²) in [6, 6.07) is 12.9. The summed E-state index contributed by atoms with van der Waals surface area (Å²) in [5.41, 5.74) is 3.56. The van der Waals surface area contributed by atoms with Gasteiger partial charge in [-0.25, -0.2) is 5.84 Å². The standard InChI is InChI=1S/C15H12N4O2/c16-8-10-1-2-11-5-6-19(13(11)7-10)9-12-3-4-14(21-12)15(20)18-17/h1-7H,9,17H2,(H,18,20). The van der Waals surface area contributed by atoms with Crippen molar-refractivity contribution < 1.29 is 9.21 Å². The van der Waals surface area contributed by atoms with E-state index in [9.17, 15) is 4.79 Å². The highest BCUT2D eigenvalue weighted by Gasteiger charge is 2.10. The second kappa shape index (κ2) is 5.15. The fraction of sp³-hybridized carbons (Fsp3) is 0.0667. The molecule has 0 aliphatic carbocycles. The second-order valence-electron chi connectivity index (χ2n) is 4.57. The van der Waals surface area contributed by atoms with Crippen LogP contribution in [-0.2, 0) is 6.54 Å². The summed E-state index contributed by atoms with van der Waals surface area (Å²) >= 11 is 0. The van der Waals surface area contributed by atoms with E-state index in [0.717, 1.165) is 10.9 Å². The zero-order valence-electron chi connectivity index (χ0n) is 11.0. The molecule has 0 bridgehead atoms. The van der Waals surface area contributed by atoms with E-state index in [1.54, 1.807) is 18.2 Å². The number of hydrogen-bond acceptors (Lipinski definition) is 4. The number of carbonyl (C=O) groups is 1. The largest absolute Gasteiger partial charge is 0.454 e. The molecule has 3 N–H and O–H groups in total. The van der Waals surface area contributed by atoms with E-state index in [1.165, 1.54) is 0 Å². The molecule has 3 rings (SSSR count). The maximum atomic E-state index is 11.4. The number of rotatable bonds is 3. The van der Waals surface area contributed by atoms with Crippen molar-refractivity contribution in [2.75, 3.05) is 0 Å². The number of nitriles is 1. The number of benzene rings is 1. The maximum absolute atomic E-state index is 11.4. The number of nitrogens with zero attached hydrogens (tertiary/aromatic N) is 2. The van der Waals surface area contributed by atoms with Crippen molar-refractivity contribution >= 4 is 16.8 Å². The van der Waals surface area contributed by atoms with Gasteiger partial charge in [0.15, 0.2) is 5.76 Å². The Hall–Kier alpha value is -3.04. The molecule has 0 aliphatic heterocycles. The zero-order valence-corrected chi connectivity index (χ0v) is 11.0. The third-order valence-electron chi connectivity index (χ3n) is 3.25. The molecule has 104 valence electrons. The van der Waals surface area contributed by atoms with E-state index < -0.39 is 5.91 Å². The predicted molar refractivity (Wildman–Crippen MR) is 76.1 cm³/mol. The van der Waals surface area contributed by atoms with Gasteiger partial charge in [0.1, 0.15) is 5.76 Å². The van der Waals surface area contributed by atoms with E-state index in [-0.39, 0.29) is 5.76 Å². The molecule has 3 aromatic rings. The van der Waals surface area contributed by atoms with Crippen LogP contribution in [0.3, 0.4) is 0 Å². The number of nitrogens with one attached hydrogen (secondary N) is 1. The minimum absolute atomic E-state index is 0.168. The molecular formula is C15H12N4O2. The van der Waals surface area contributed by atoms with Crippen LogP contribution in [0.4, 0.5) is 0 Å². The van der Waals surface area contributed by atoms with Crippen LogP contribution < -0.4 is 11.3 Å². The number of furan rings is 1. The van der Waals surface area contributed by atoms with Gasteiger partial charge in [0.25, 0.3) is 0 Å². The number of nitrogens with two attached hydrogens (primary N) is 1. The summed E-state index contributed by atoms with van der Waals surface area (Å²) in [4.78, 5) is 11.4. The smallest absolute Gasteiger partial charge is 0.300 e. The number of hydrazine groups is 1. The Balaban J connectivity index is 1.93. The van der Waals surface area contributed by atoms with Gasteiger partial charge >= 0.3 is 5.91 Å². The predicted octanol–water partition coefficient (Wildman–Crippen LogP) is 1.76. The van der Waals surface area contributed by atoms with Gasteiger partial charge in [0.2, 0.25) is 0 Å². The summed E-state index contributed by atoms with van der Waals surface area (Å²) in [5, 5.41) is 10.0. The average Bonchev–Trinajstić information content (AvgIpc) is 3.14. The van der Waals surface area contributed by atoms with E-state index >= 15 is 0 Å². The van der Waals surface area contributed by atoms with Crippen molar-refractivity contribution in [3.8, 4) is 6.07 Å². The highest BCUT2D eigenvalue weighted by molar-refractivity contribution is 5.90. The monoisotopic (exact) mass is 280 g/mol. The lowest BCUT2D eigenvalue weighted by Crippen LogP contribution is -2.29. The van der Waals surface area contributed by atoms with Gasteiger partial charge in [-0.15, -0.1) is 0 Å². The summed E-state index contributed by atoms with van der Waals surface area (Å²) in [7, 11) is 0. The Bertz CT molecular complexity index is 854. The number of fused-ring (bicyclic) bond motifs is 1. The third kappa shape index (κ3) is 2.38. The second-order valence-corrected chi connectivity index (χ2v) is 4.57. The molecule has 21 heavy (non-hydrogen) atoms. The van der Waals surface area contributed by atoms with Crippen LogP contribution in [0.25, 0.3) is 10.9 Å². The first-order chi connectivity index (χ1) is 10.2. The van der Waals surface area contributed by atoms with Crippen LogP contribution in [-0.4, -0.2) is 10.5 Å². The molecule has 0 spiro atoms. The molecule has 6 heteroatoms. The lowest BCUT2D eigenvalue weighted by molar-refractivity contribution is 0.0924. The molecule has 0 saturated heterocycles. The van der Waals surface area contributed by atoms with Gasteiger partial charge in [-0.1, -0.05) is 6.07 Å². The number of amides is 1. The Labute approximate surface area is 120 Å². The number of carbonyl (C=O) groups excluding carboxylic acids is 1. The molecular weight excluding hydrogens is 268 g/mol. The number of hydrogen-bond donors (Lipinski definition) is 2. The normalized spacial score (nSPS) is 10.5. The molecule has 0 radical (unpaired) electrons. The van der Waals surface area contributed by atoms with E-state index in [4.69, 9.17) is 15.5 Å². The van der Waals surface area contributed by atoms with Gasteiger partial charge in [-0.05, 0) is 35.7 Å². The number of aromatic nitrogens is 1. The maximum Gasteiger partial charge on any atom is 0.300 e. The van der Waals surface area contributed by atoms with Gasteiger partial charge < -0.3 is 8.98 Å². The fourth-order valence-corrected chi connectivity index (χ4v) is 2.22. The Kier molecular flexibility index (Phi) is 3.18. The minimum Gasteiger partial charge on any atom is -0.454 e.